The second-order valence-electron chi connectivity index (χ2n) is 7.37. The summed E-state index contributed by atoms with van der Waals surface area (Å²) in [5, 5.41) is 20.3. The molecule has 0 amide bonds. The third-order valence-corrected chi connectivity index (χ3v) is 5.57. The quantitative estimate of drug-likeness (QED) is 0.729. The maximum absolute atomic E-state index is 10.9. The van der Waals surface area contributed by atoms with Gasteiger partial charge in [0.1, 0.15) is 11.4 Å². The summed E-state index contributed by atoms with van der Waals surface area (Å²) in [6, 6.07) is 9.04. The Morgan fingerprint density at radius 2 is 2.00 bits per heavy atom. The first kappa shape index (κ1) is 21.1. The molecule has 29 heavy (non-hydrogen) atoms. The average molecular weight is 414 g/mol. The van der Waals surface area contributed by atoms with E-state index in [4.69, 9.17) is 21.4 Å². The van der Waals surface area contributed by atoms with E-state index in [0.29, 0.717) is 29.2 Å². The van der Waals surface area contributed by atoms with Gasteiger partial charge in [-0.15, -0.1) is 0 Å². The number of nitrogens with zero attached hydrogens (tertiary/aromatic N) is 1. The first-order valence-corrected chi connectivity index (χ1v) is 9.74. The molecule has 1 atom stereocenters. The van der Waals surface area contributed by atoms with Gasteiger partial charge in [0.15, 0.2) is 6.61 Å². The number of aryl methyl sites for hydroxylation is 1. The van der Waals surface area contributed by atoms with Crippen molar-refractivity contribution in [1.29, 1.82) is 0 Å². The second-order valence-corrected chi connectivity index (χ2v) is 7.81. The summed E-state index contributed by atoms with van der Waals surface area (Å²) in [5.41, 5.74) is 4.54. The van der Waals surface area contributed by atoms with Crippen LogP contribution in [0.25, 0.3) is 0 Å². The maximum atomic E-state index is 10.9. The van der Waals surface area contributed by atoms with E-state index in [1.54, 1.807) is 18.3 Å². The van der Waals surface area contributed by atoms with Gasteiger partial charge in [0, 0.05) is 29.8 Å². The monoisotopic (exact) mass is 413 g/mol. The Kier molecular flexibility index (Phi) is 6.10. The zero-order valence-electron chi connectivity index (χ0n) is 16.7. The van der Waals surface area contributed by atoms with Crippen molar-refractivity contribution in [3.05, 3.63) is 74.9 Å². The van der Waals surface area contributed by atoms with Gasteiger partial charge in [0.2, 0.25) is 0 Å². The first-order chi connectivity index (χ1) is 13.7. The van der Waals surface area contributed by atoms with E-state index in [2.05, 4.69) is 4.99 Å². The molecular weight excluding hydrogens is 390 g/mol. The van der Waals surface area contributed by atoms with E-state index in [1.807, 2.05) is 45.0 Å². The van der Waals surface area contributed by atoms with Crippen molar-refractivity contribution in [2.24, 2.45) is 4.99 Å². The van der Waals surface area contributed by atoms with Crippen LogP contribution in [0.4, 0.5) is 0 Å². The van der Waals surface area contributed by atoms with Crippen molar-refractivity contribution in [2.45, 2.75) is 39.2 Å². The minimum Gasteiger partial charge on any atom is -0.482 e. The van der Waals surface area contributed by atoms with E-state index in [-0.39, 0.29) is 6.61 Å². The van der Waals surface area contributed by atoms with Crippen molar-refractivity contribution in [1.82, 2.24) is 0 Å². The number of hydrogen-bond donors (Lipinski definition) is 2. The van der Waals surface area contributed by atoms with Crippen molar-refractivity contribution in [3.63, 3.8) is 0 Å². The molecule has 0 spiro atoms. The molecule has 2 N–H and O–H groups in total. The van der Waals surface area contributed by atoms with Gasteiger partial charge in [-0.3, -0.25) is 4.99 Å². The number of rotatable bonds is 6. The van der Waals surface area contributed by atoms with Gasteiger partial charge >= 0.3 is 5.97 Å². The predicted octanol–water partition coefficient (Wildman–Crippen LogP) is 4.52. The van der Waals surface area contributed by atoms with Crippen LogP contribution in [0, 0.1) is 20.8 Å². The van der Waals surface area contributed by atoms with E-state index >= 15 is 0 Å². The van der Waals surface area contributed by atoms with Crippen LogP contribution in [-0.2, 0) is 16.8 Å². The molecule has 2 aromatic rings. The molecule has 0 radical (unpaired) electrons. The Hall–Kier alpha value is -2.63. The first-order valence-electron chi connectivity index (χ1n) is 9.36. The van der Waals surface area contributed by atoms with Crippen molar-refractivity contribution in [2.75, 3.05) is 6.61 Å². The summed E-state index contributed by atoms with van der Waals surface area (Å²) < 4.78 is 5.40. The number of aliphatic imine (C=N–C) groups is 1. The molecule has 0 saturated heterocycles. The zero-order chi connectivity index (χ0) is 21.2. The summed E-state index contributed by atoms with van der Waals surface area (Å²) in [4.78, 5) is 15.3. The fourth-order valence-electron chi connectivity index (χ4n) is 3.48. The molecule has 0 fully saturated rings. The van der Waals surface area contributed by atoms with Crippen molar-refractivity contribution < 1.29 is 19.7 Å². The van der Waals surface area contributed by atoms with Gasteiger partial charge in [0.05, 0.1) is 0 Å². The number of halogens is 1. The fourth-order valence-corrected chi connectivity index (χ4v) is 3.67. The molecule has 5 nitrogen and oxygen atoms in total. The van der Waals surface area contributed by atoms with Crippen LogP contribution in [0.15, 0.2) is 47.1 Å². The molecule has 0 saturated carbocycles. The molecule has 1 unspecified atom stereocenters. The van der Waals surface area contributed by atoms with Gasteiger partial charge in [-0.2, -0.15) is 0 Å². The SMILES string of the molecule is Cc1cc(OCC(=O)O)c(C)c(C)c1CC1=CCC(O)(c2cccc(Cl)c2)C=N1. The molecule has 152 valence electrons. The van der Waals surface area contributed by atoms with Crippen LogP contribution in [0.2, 0.25) is 5.02 Å². The van der Waals surface area contributed by atoms with Gasteiger partial charge in [-0.25, -0.2) is 4.79 Å². The second kappa shape index (κ2) is 8.39. The zero-order valence-corrected chi connectivity index (χ0v) is 17.5. The molecule has 3 rings (SSSR count). The normalized spacial score (nSPS) is 18.4. The lowest BCUT2D eigenvalue weighted by Gasteiger charge is -2.27. The van der Waals surface area contributed by atoms with Crippen molar-refractivity contribution in [3.8, 4) is 5.75 Å². The Morgan fingerprint density at radius 3 is 2.62 bits per heavy atom. The van der Waals surface area contributed by atoms with Crippen LogP contribution in [0.3, 0.4) is 0 Å². The largest absolute Gasteiger partial charge is 0.482 e. The van der Waals surface area contributed by atoms with E-state index < -0.39 is 11.6 Å². The number of hydrogen-bond acceptors (Lipinski definition) is 4. The number of aliphatic carboxylic acids is 1. The smallest absolute Gasteiger partial charge is 0.341 e. The van der Waals surface area contributed by atoms with Gasteiger partial charge < -0.3 is 14.9 Å². The molecule has 0 bridgehead atoms. The predicted molar refractivity (Wildman–Crippen MR) is 114 cm³/mol. The Bertz CT molecular complexity index is 1010. The van der Waals surface area contributed by atoms with Crippen LogP contribution < -0.4 is 4.74 Å². The highest BCUT2D eigenvalue weighted by Crippen LogP contribution is 2.33. The van der Waals surface area contributed by atoms with Crippen LogP contribution >= 0.6 is 11.6 Å². The van der Waals surface area contributed by atoms with Gasteiger partial charge in [-0.1, -0.05) is 29.8 Å². The maximum Gasteiger partial charge on any atom is 0.341 e. The third kappa shape index (κ3) is 4.69. The minimum absolute atomic E-state index is 0.364. The third-order valence-electron chi connectivity index (χ3n) is 5.33. The number of carbonyl (C=O) groups is 1. The molecule has 1 aliphatic rings. The standard InChI is InChI=1S/C23H24ClNO4/c1-14-9-21(29-12-22(26)27)16(3)15(2)20(14)11-19-7-8-23(28,13-25-19)17-5-4-6-18(24)10-17/h4-7,9-10,13,28H,8,11-12H2,1-3H3,(H,26,27). The molecule has 0 aliphatic carbocycles. The number of carboxylic acid groups (broad SMARTS) is 1. The Balaban J connectivity index is 1.79. The minimum atomic E-state index is -1.16. The lowest BCUT2D eigenvalue weighted by atomic mass is 9.88. The number of ether oxygens (including phenoxy) is 1. The summed E-state index contributed by atoms with van der Waals surface area (Å²) in [6.07, 6.45) is 4.57. The molecule has 6 heteroatoms. The van der Waals surface area contributed by atoms with E-state index in [9.17, 15) is 9.90 Å². The van der Waals surface area contributed by atoms with E-state index in [1.165, 1.54) is 0 Å². The number of benzene rings is 2. The van der Waals surface area contributed by atoms with E-state index in [0.717, 1.165) is 28.0 Å². The Labute approximate surface area is 175 Å². The highest BCUT2D eigenvalue weighted by atomic mass is 35.5. The number of carboxylic acids is 1. The molecular formula is C23H24ClNO4. The highest BCUT2D eigenvalue weighted by molar-refractivity contribution is 6.30. The topological polar surface area (TPSA) is 79.1 Å². The van der Waals surface area contributed by atoms with Gasteiger partial charge in [-0.05, 0) is 66.8 Å². The summed E-state index contributed by atoms with van der Waals surface area (Å²) in [6.45, 7) is 5.54. The lowest BCUT2D eigenvalue weighted by Crippen LogP contribution is -2.29. The van der Waals surface area contributed by atoms with Crippen molar-refractivity contribution >= 4 is 23.8 Å². The highest BCUT2D eigenvalue weighted by Gasteiger charge is 2.29. The fraction of sp³-hybridized carbons (Fsp3) is 0.304. The van der Waals surface area contributed by atoms with Crippen LogP contribution in [0.5, 0.6) is 5.75 Å². The molecule has 1 heterocycles. The lowest BCUT2D eigenvalue weighted by molar-refractivity contribution is -0.139. The number of aliphatic hydroxyl groups is 1. The number of allylic oxidation sites excluding steroid dienone is 1. The summed E-state index contributed by atoms with van der Waals surface area (Å²) in [5.74, 6) is -0.416. The average Bonchev–Trinajstić information content (AvgIpc) is 2.68. The molecule has 0 aromatic heterocycles. The summed E-state index contributed by atoms with van der Waals surface area (Å²) >= 11 is 6.05. The van der Waals surface area contributed by atoms with Crippen LogP contribution in [0.1, 0.15) is 34.2 Å². The molecule has 1 aliphatic heterocycles. The Morgan fingerprint density at radius 1 is 1.24 bits per heavy atom. The summed E-state index contributed by atoms with van der Waals surface area (Å²) in [7, 11) is 0. The van der Waals surface area contributed by atoms with Crippen LogP contribution in [-0.4, -0.2) is 29.0 Å². The van der Waals surface area contributed by atoms with Gasteiger partial charge in [0.25, 0.3) is 0 Å². The molecule has 2 aromatic carbocycles.